The van der Waals surface area contributed by atoms with Gasteiger partial charge in [0.15, 0.2) is 10.3 Å². The molecule has 1 aromatic heterocycles. The Balaban J connectivity index is 1.39. The topological polar surface area (TPSA) is 120 Å². The van der Waals surface area contributed by atoms with E-state index >= 15 is 0 Å². The van der Waals surface area contributed by atoms with Crippen LogP contribution in [0.3, 0.4) is 0 Å². The largest absolute Gasteiger partial charge is 0.383 e. The summed E-state index contributed by atoms with van der Waals surface area (Å²) in [6.07, 6.45) is 7.41. The Morgan fingerprint density at radius 2 is 2.16 bits per heavy atom. The Morgan fingerprint density at radius 1 is 1.32 bits per heavy atom. The molecular formula is C25H31N7O3S2. The van der Waals surface area contributed by atoms with E-state index in [1.165, 1.54) is 23.1 Å². The number of benzene rings is 1. The number of aliphatic imine (C=N–C) groups is 1. The summed E-state index contributed by atoms with van der Waals surface area (Å²) in [5.41, 5.74) is 2.83. The lowest BCUT2D eigenvalue weighted by atomic mass is 10.1. The number of anilines is 2. The van der Waals surface area contributed by atoms with Crippen molar-refractivity contribution in [3.8, 4) is 0 Å². The number of carbonyl (C=O) groups is 2. The number of hydrogen-bond acceptors (Lipinski definition) is 9. The third kappa shape index (κ3) is 7.89. The molecule has 196 valence electrons. The Morgan fingerprint density at radius 3 is 2.95 bits per heavy atom. The number of nitrogens with one attached hydrogen (secondary N) is 4. The van der Waals surface area contributed by atoms with E-state index in [9.17, 15) is 9.59 Å². The highest BCUT2D eigenvalue weighted by Gasteiger charge is 2.24. The Bertz CT molecular complexity index is 1200. The van der Waals surface area contributed by atoms with E-state index in [4.69, 9.17) is 4.74 Å². The van der Waals surface area contributed by atoms with Gasteiger partial charge >= 0.3 is 6.03 Å². The SMILES string of the molecule is C/C=C\c1cc(N=C2NC(=O)/C(=C/c3cnc(NC(=O)NCC)s3)S2)ccc1NCCN1CCOCC1. The molecule has 4 N–H and O–H groups in total. The van der Waals surface area contributed by atoms with Gasteiger partial charge in [-0.1, -0.05) is 23.5 Å². The quantitative estimate of drug-likeness (QED) is 0.355. The van der Waals surface area contributed by atoms with E-state index in [-0.39, 0.29) is 11.9 Å². The molecule has 3 heterocycles. The lowest BCUT2D eigenvalue weighted by Gasteiger charge is -2.26. The Hall–Kier alpha value is -3.19. The summed E-state index contributed by atoms with van der Waals surface area (Å²) in [5.74, 6) is -0.217. The molecule has 0 radical (unpaired) electrons. The summed E-state index contributed by atoms with van der Waals surface area (Å²) in [5, 5.41) is 12.7. The van der Waals surface area contributed by atoms with Gasteiger partial charge in [0.05, 0.1) is 28.7 Å². The fourth-order valence-corrected chi connectivity index (χ4v) is 5.37. The maximum absolute atomic E-state index is 12.5. The number of thiazole rings is 1. The van der Waals surface area contributed by atoms with Crippen molar-refractivity contribution in [1.29, 1.82) is 0 Å². The fourth-order valence-electron chi connectivity index (χ4n) is 3.71. The lowest BCUT2D eigenvalue weighted by Crippen LogP contribution is -2.39. The molecular weight excluding hydrogens is 510 g/mol. The zero-order valence-corrected chi connectivity index (χ0v) is 22.5. The van der Waals surface area contributed by atoms with Gasteiger partial charge in [-0.25, -0.2) is 14.8 Å². The first-order valence-corrected chi connectivity index (χ1v) is 13.8. The fraction of sp³-hybridized carbons (Fsp3) is 0.360. The van der Waals surface area contributed by atoms with Gasteiger partial charge in [0, 0.05) is 44.6 Å². The zero-order valence-electron chi connectivity index (χ0n) is 20.9. The molecule has 2 aliphatic heterocycles. The third-order valence-electron chi connectivity index (χ3n) is 5.46. The second-order valence-corrected chi connectivity index (χ2v) is 10.3. The minimum absolute atomic E-state index is 0.217. The second-order valence-electron chi connectivity index (χ2n) is 8.19. The summed E-state index contributed by atoms with van der Waals surface area (Å²) in [6, 6.07) is 5.65. The van der Waals surface area contributed by atoms with Crippen molar-refractivity contribution in [3.63, 3.8) is 0 Å². The van der Waals surface area contributed by atoms with Crippen LogP contribution in [0.2, 0.25) is 0 Å². The van der Waals surface area contributed by atoms with Crippen LogP contribution in [-0.2, 0) is 9.53 Å². The van der Waals surface area contributed by atoms with Crippen LogP contribution < -0.4 is 21.3 Å². The van der Waals surface area contributed by atoms with E-state index in [0.29, 0.717) is 21.7 Å². The molecule has 2 fully saturated rings. The molecule has 2 aromatic rings. The second kappa shape index (κ2) is 13.4. The molecule has 37 heavy (non-hydrogen) atoms. The number of amidine groups is 1. The number of carbonyl (C=O) groups excluding carboxylic acids is 2. The molecule has 0 aliphatic carbocycles. The van der Waals surface area contributed by atoms with Crippen LogP contribution in [0.1, 0.15) is 24.3 Å². The van der Waals surface area contributed by atoms with Gasteiger partial charge in [0.1, 0.15) is 0 Å². The van der Waals surface area contributed by atoms with E-state index < -0.39 is 0 Å². The van der Waals surface area contributed by atoms with Crippen molar-refractivity contribution in [2.45, 2.75) is 13.8 Å². The average molecular weight is 542 g/mol. The summed E-state index contributed by atoms with van der Waals surface area (Å²) in [4.78, 5) is 36.7. The van der Waals surface area contributed by atoms with Gasteiger partial charge in [-0.2, -0.15) is 0 Å². The minimum Gasteiger partial charge on any atom is -0.383 e. The predicted molar refractivity (Wildman–Crippen MR) is 153 cm³/mol. The zero-order chi connectivity index (χ0) is 26.0. The standard InChI is InChI=1S/C25H31N7O3S2/c1-3-5-17-14-18(6-7-20(17)27-8-9-32-10-12-35-13-11-32)29-25-30-22(33)21(37-25)15-19-16-28-24(36-19)31-23(34)26-4-2/h3,5-7,14-16,27H,4,8-13H2,1-2H3,(H,29,30,33)(H2,26,28,31,34)/b5-3-,21-15-. The third-order valence-corrected chi connectivity index (χ3v) is 7.23. The number of hydrogen-bond donors (Lipinski definition) is 4. The van der Waals surface area contributed by atoms with E-state index in [1.807, 2.05) is 44.2 Å². The van der Waals surface area contributed by atoms with Crippen LogP contribution in [0.4, 0.5) is 21.3 Å². The van der Waals surface area contributed by atoms with E-state index in [0.717, 1.165) is 61.2 Å². The van der Waals surface area contributed by atoms with Crippen LogP contribution in [-0.4, -0.2) is 72.9 Å². The van der Waals surface area contributed by atoms with Crippen LogP contribution in [0, 0.1) is 0 Å². The lowest BCUT2D eigenvalue weighted by molar-refractivity contribution is -0.115. The number of aromatic nitrogens is 1. The van der Waals surface area contributed by atoms with Gasteiger partial charge in [-0.05, 0) is 55.4 Å². The highest BCUT2D eigenvalue weighted by Crippen LogP contribution is 2.31. The van der Waals surface area contributed by atoms with Crippen molar-refractivity contribution in [2.75, 3.05) is 56.6 Å². The van der Waals surface area contributed by atoms with Crippen LogP contribution in [0.15, 0.2) is 40.4 Å². The number of thioether (sulfide) groups is 1. The number of allylic oxidation sites excluding steroid dienone is 1. The van der Waals surface area contributed by atoms with Crippen molar-refractivity contribution in [3.05, 3.63) is 45.8 Å². The van der Waals surface area contributed by atoms with Gasteiger partial charge in [0.2, 0.25) is 0 Å². The van der Waals surface area contributed by atoms with Gasteiger partial charge in [-0.15, -0.1) is 0 Å². The van der Waals surface area contributed by atoms with Gasteiger partial charge < -0.3 is 20.7 Å². The highest BCUT2D eigenvalue weighted by atomic mass is 32.2. The van der Waals surface area contributed by atoms with Crippen LogP contribution >= 0.6 is 23.1 Å². The van der Waals surface area contributed by atoms with Crippen molar-refractivity contribution in [1.82, 2.24) is 20.5 Å². The highest BCUT2D eigenvalue weighted by molar-refractivity contribution is 8.18. The molecule has 2 saturated heterocycles. The molecule has 0 saturated carbocycles. The molecule has 0 spiro atoms. The number of nitrogens with zero attached hydrogens (tertiary/aromatic N) is 3. The molecule has 4 rings (SSSR count). The Kier molecular flexibility index (Phi) is 9.71. The van der Waals surface area contributed by atoms with Crippen molar-refractivity contribution in [2.24, 2.45) is 4.99 Å². The first-order chi connectivity index (χ1) is 18.0. The first kappa shape index (κ1) is 26.9. The molecule has 1 aromatic carbocycles. The number of rotatable bonds is 9. The molecule has 12 heteroatoms. The molecule has 3 amide bonds. The smallest absolute Gasteiger partial charge is 0.321 e. The van der Waals surface area contributed by atoms with Crippen LogP contribution in [0.25, 0.3) is 12.2 Å². The Labute approximate surface area is 224 Å². The van der Waals surface area contributed by atoms with E-state index in [2.05, 4.69) is 36.1 Å². The number of amides is 3. The predicted octanol–water partition coefficient (Wildman–Crippen LogP) is 3.95. The molecule has 2 aliphatic rings. The van der Waals surface area contributed by atoms with E-state index in [1.54, 1.807) is 12.3 Å². The normalized spacial score (nSPS) is 18.5. The summed E-state index contributed by atoms with van der Waals surface area (Å²) >= 11 is 2.56. The minimum atomic E-state index is -0.311. The van der Waals surface area contributed by atoms with Crippen LogP contribution in [0.5, 0.6) is 0 Å². The average Bonchev–Trinajstić information content (AvgIpc) is 3.46. The number of ether oxygens (including phenoxy) is 1. The van der Waals surface area contributed by atoms with Crippen molar-refractivity contribution >= 4 is 68.9 Å². The summed E-state index contributed by atoms with van der Waals surface area (Å²) < 4.78 is 5.41. The first-order valence-electron chi connectivity index (χ1n) is 12.1. The monoisotopic (exact) mass is 541 g/mol. The molecule has 0 unspecified atom stereocenters. The molecule has 0 atom stereocenters. The van der Waals surface area contributed by atoms with Gasteiger partial charge in [0.25, 0.3) is 5.91 Å². The van der Waals surface area contributed by atoms with Gasteiger partial charge in [-0.3, -0.25) is 15.0 Å². The number of morpholine rings is 1. The summed E-state index contributed by atoms with van der Waals surface area (Å²) in [7, 11) is 0. The molecule has 10 nitrogen and oxygen atoms in total. The van der Waals surface area contributed by atoms with Crippen molar-refractivity contribution < 1.29 is 14.3 Å². The summed E-state index contributed by atoms with van der Waals surface area (Å²) in [6.45, 7) is 9.68. The molecule has 0 bridgehead atoms. The number of urea groups is 1. The maximum atomic E-state index is 12.5. The maximum Gasteiger partial charge on any atom is 0.321 e.